The topological polar surface area (TPSA) is 55.1 Å². The van der Waals surface area contributed by atoms with Crippen molar-refractivity contribution < 1.29 is 4.79 Å². The molecule has 0 aliphatic heterocycles. The van der Waals surface area contributed by atoms with Gasteiger partial charge in [0.2, 0.25) is 0 Å². The number of nitrogens with one attached hydrogen (secondary N) is 1. The molecule has 1 rings (SSSR count). The minimum atomic E-state index is -0.110. The van der Waals surface area contributed by atoms with E-state index in [0.717, 1.165) is 10.9 Å². The second-order valence-electron chi connectivity index (χ2n) is 3.03. The zero-order chi connectivity index (χ0) is 11.3. The van der Waals surface area contributed by atoms with Crippen LogP contribution in [0.3, 0.4) is 0 Å². The molecule has 0 aromatic heterocycles. The van der Waals surface area contributed by atoms with Crippen molar-refractivity contribution in [3.63, 3.8) is 0 Å². The molecular weight excluding hydrogens is 279 g/mol. The number of carbonyl (C=O) groups is 1. The minimum absolute atomic E-state index is 0.110. The summed E-state index contributed by atoms with van der Waals surface area (Å²) in [6.45, 7) is 1.17. The predicted molar refractivity (Wildman–Crippen MR) is 65.2 cm³/mol. The summed E-state index contributed by atoms with van der Waals surface area (Å²) in [6, 6.07) is 5.06. The number of benzene rings is 1. The second kappa shape index (κ2) is 6.10. The van der Waals surface area contributed by atoms with Gasteiger partial charge in [0.1, 0.15) is 0 Å². The first kappa shape index (κ1) is 12.5. The summed E-state index contributed by atoms with van der Waals surface area (Å²) >= 11 is 9.08. The molecule has 0 heterocycles. The molecule has 0 aliphatic carbocycles. The first-order chi connectivity index (χ1) is 7.15. The van der Waals surface area contributed by atoms with Crippen LogP contribution >= 0.6 is 27.5 Å². The summed E-state index contributed by atoms with van der Waals surface area (Å²) < 4.78 is 0.718. The van der Waals surface area contributed by atoms with Crippen molar-refractivity contribution >= 4 is 33.4 Å². The van der Waals surface area contributed by atoms with Crippen LogP contribution in [-0.2, 0) is 0 Å². The number of nitrogens with two attached hydrogens (primary N) is 1. The zero-order valence-electron chi connectivity index (χ0n) is 8.09. The molecule has 1 aromatic rings. The molecule has 0 saturated carbocycles. The highest BCUT2D eigenvalue weighted by Gasteiger charge is 2.06. The summed E-state index contributed by atoms with van der Waals surface area (Å²) in [6.07, 6.45) is 0.778. The molecule has 5 heteroatoms. The van der Waals surface area contributed by atoms with Gasteiger partial charge in [0.25, 0.3) is 5.91 Å². The molecule has 3 N–H and O–H groups in total. The van der Waals surface area contributed by atoms with Crippen molar-refractivity contribution in [3.05, 3.63) is 33.3 Å². The summed E-state index contributed by atoms with van der Waals surface area (Å²) in [7, 11) is 0. The Balaban J connectivity index is 2.62. The van der Waals surface area contributed by atoms with Crippen LogP contribution < -0.4 is 11.1 Å². The van der Waals surface area contributed by atoms with E-state index in [1.165, 1.54) is 0 Å². The largest absolute Gasteiger partial charge is 0.352 e. The third-order valence-corrected chi connectivity index (χ3v) is 3.06. The fraction of sp³-hybridized carbons (Fsp3) is 0.300. The highest BCUT2D eigenvalue weighted by molar-refractivity contribution is 9.10. The molecule has 0 unspecified atom stereocenters. The fourth-order valence-electron chi connectivity index (χ4n) is 1.04. The molecule has 82 valence electrons. The normalized spacial score (nSPS) is 10.1. The summed E-state index contributed by atoms with van der Waals surface area (Å²) in [4.78, 5) is 11.6. The van der Waals surface area contributed by atoms with Gasteiger partial charge in [0, 0.05) is 16.6 Å². The first-order valence-corrected chi connectivity index (χ1v) is 5.75. The molecule has 0 radical (unpaired) electrons. The average Bonchev–Trinajstić information content (AvgIpc) is 2.22. The summed E-state index contributed by atoms with van der Waals surface area (Å²) in [5.74, 6) is -0.110. The molecule has 0 aliphatic rings. The van der Waals surface area contributed by atoms with Crippen LogP contribution in [0.15, 0.2) is 22.7 Å². The molecule has 0 atom stereocenters. The van der Waals surface area contributed by atoms with Gasteiger partial charge in [-0.1, -0.05) is 11.6 Å². The highest BCUT2D eigenvalue weighted by atomic mass is 79.9. The van der Waals surface area contributed by atoms with E-state index in [9.17, 15) is 4.79 Å². The number of hydrogen-bond acceptors (Lipinski definition) is 2. The maximum atomic E-state index is 11.6. The SMILES string of the molecule is NCCCNC(=O)c1ccc(Cl)c(Br)c1. The smallest absolute Gasteiger partial charge is 0.251 e. The van der Waals surface area contributed by atoms with Crippen LogP contribution in [0.25, 0.3) is 0 Å². The monoisotopic (exact) mass is 290 g/mol. The molecule has 15 heavy (non-hydrogen) atoms. The lowest BCUT2D eigenvalue weighted by Crippen LogP contribution is -2.25. The van der Waals surface area contributed by atoms with Crippen molar-refractivity contribution in [2.75, 3.05) is 13.1 Å². The standard InChI is InChI=1S/C10H12BrClN2O/c11-8-6-7(2-3-9(8)12)10(15)14-5-1-4-13/h2-3,6H,1,4-5,13H2,(H,14,15). The lowest BCUT2D eigenvalue weighted by molar-refractivity contribution is 0.0953. The van der Waals surface area contributed by atoms with Crippen LogP contribution in [0.2, 0.25) is 5.02 Å². The highest BCUT2D eigenvalue weighted by Crippen LogP contribution is 2.23. The van der Waals surface area contributed by atoms with Gasteiger partial charge in [-0.05, 0) is 47.1 Å². The van der Waals surface area contributed by atoms with Gasteiger partial charge in [-0.15, -0.1) is 0 Å². The van der Waals surface area contributed by atoms with Crippen LogP contribution in [0.4, 0.5) is 0 Å². The van der Waals surface area contributed by atoms with Crippen LogP contribution in [0.1, 0.15) is 16.8 Å². The zero-order valence-corrected chi connectivity index (χ0v) is 10.4. The lowest BCUT2D eigenvalue weighted by atomic mass is 10.2. The van der Waals surface area contributed by atoms with Crippen LogP contribution in [0, 0.1) is 0 Å². The van der Waals surface area contributed by atoms with Crippen molar-refractivity contribution in [2.24, 2.45) is 5.73 Å². The average molecular weight is 292 g/mol. The van der Waals surface area contributed by atoms with E-state index in [4.69, 9.17) is 17.3 Å². The van der Waals surface area contributed by atoms with E-state index >= 15 is 0 Å². The van der Waals surface area contributed by atoms with Crippen molar-refractivity contribution in [1.82, 2.24) is 5.32 Å². The van der Waals surface area contributed by atoms with Crippen LogP contribution in [0.5, 0.6) is 0 Å². The molecule has 1 amide bonds. The van der Waals surface area contributed by atoms with E-state index < -0.39 is 0 Å². The van der Waals surface area contributed by atoms with Gasteiger partial charge in [-0.3, -0.25) is 4.79 Å². The number of rotatable bonds is 4. The summed E-state index contributed by atoms with van der Waals surface area (Å²) in [5, 5.41) is 3.35. The Labute approximate surface area is 102 Å². The van der Waals surface area contributed by atoms with Crippen molar-refractivity contribution in [2.45, 2.75) is 6.42 Å². The lowest BCUT2D eigenvalue weighted by Gasteiger charge is -2.05. The maximum Gasteiger partial charge on any atom is 0.251 e. The maximum absolute atomic E-state index is 11.6. The van der Waals surface area contributed by atoms with E-state index in [0.29, 0.717) is 23.7 Å². The molecule has 3 nitrogen and oxygen atoms in total. The Kier molecular flexibility index (Phi) is 5.08. The van der Waals surface area contributed by atoms with E-state index in [-0.39, 0.29) is 5.91 Å². The Morgan fingerprint density at radius 2 is 2.27 bits per heavy atom. The van der Waals surface area contributed by atoms with Gasteiger partial charge < -0.3 is 11.1 Å². The molecular formula is C10H12BrClN2O. The minimum Gasteiger partial charge on any atom is -0.352 e. The fourth-order valence-corrected chi connectivity index (χ4v) is 1.54. The molecule has 1 aromatic carbocycles. The van der Waals surface area contributed by atoms with Crippen molar-refractivity contribution in [3.8, 4) is 0 Å². The van der Waals surface area contributed by atoms with Gasteiger partial charge in [0.05, 0.1) is 5.02 Å². The van der Waals surface area contributed by atoms with Gasteiger partial charge in [-0.2, -0.15) is 0 Å². The number of hydrogen-bond donors (Lipinski definition) is 2. The molecule has 0 spiro atoms. The first-order valence-electron chi connectivity index (χ1n) is 4.58. The second-order valence-corrected chi connectivity index (χ2v) is 4.29. The van der Waals surface area contributed by atoms with E-state index in [1.54, 1.807) is 18.2 Å². The third kappa shape index (κ3) is 3.81. The van der Waals surface area contributed by atoms with Crippen LogP contribution in [-0.4, -0.2) is 19.0 Å². The van der Waals surface area contributed by atoms with E-state index in [1.807, 2.05) is 0 Å². The third-order valence-electron chi connectivity index (χ3n) is 1.85. The Morgan fingerprint density at radius 1 is 1.53 bits per heavy atom. The Bertz CT molecular complexity index is 357. The van der Waals surface area contributed by atoms with Gasteiger partial charge in [-0.25, -0.2) is 0 Å². The van der Waals surface area contributed by atoms with E-state index in [2.05, 4.69) is 21.2 Å². The van der Waals surface area contributed by atoms with Gasteiger partial charge >= 0.3 is 0 Å². The Morgan fingerprint density at radius 3 is 2.87 bits per heavy atom. The van der Waals surface area contributed by atoms with Gasteiger partial charge in [0.15, 0.2) is 0 Å². The Hall–Kier alpha value is -0.580. The summed E-state index contributed by atoms with van der Waals surface area (Å²) in [5.41, 5.74) is 5.91. The molecule has 0 bridgehead atoms. The molecule has 0 fully saturated rings. The number of carbonyl (C=O) groups excluding carboxylic acids is 1. The predicted octanol–water partition coefficient (Wildman–Crippen LogP) is 2.18. The number of halogens is 2. The number of amides is 1. The quantitative estimate of drug-likeness (QED) is 0.836. The molecule has 0 saturated heterocycles. The van der Waals surface area contributed by atoms with Crippen molar-refractivity contribution in [1.29, 1.82) is 0 Å².